The number of nitrogens with zero attached hydrogens (tertiary/aromatic N) is 2. The third-order valence-corrected chi connectivity index (χ3v) is 4.03. The summed E-state index contributed by atoms with van der Waals surface area (Å²) in [4.78, 5) is 27.8. The summed E-state index contributed by atoms with van der Waals surface area (Å²) in [7, 11) is 2.03. The highest BCUT2D eigenvalue weighted by Gasteiger charge is 2.51. The van der Waals surface area contributed by atoms with Crippen LogP contribution in [0.15, 0.2) is 0 Å². The minimum absolute atomic E-state index is 0.0931. The topological polar surface area (TPSA) is 78.7 Å². The van der Waals surface area contributed by atoms with Crippen LogP contribution in [0.4, 0.5) is 4.79 Å². The summed E-state index contributed by atoms with van der Waals surface area (Å²) in [5, 5.41) is 2.87. The molecule has 2 fully saturated rings. The number of rotatable bonds is 3. The molecule has 0 aromatic heterocycles. The maximum absolute atomic E-state index is 12.4. The van der Waals surface area contributed by atoms with E-state index >= 15 is 0 Å². The quantitative estimate of drug-likeness (QED) is 0.680. The van der Waals surface area contributed by atoms with Crippen LogP contribution >= 0.6 is 0 Å². The van der Waals surface area contributed by atoms with Crippen LogP contribution in [0.3, 0.4) is 0 Å². The van der Waals surface area contributed by atoms with E-state index in [1.165, 1.54) is 4.90 Å². The third-order valence-electron chi connectivity index (χ3n) is 4.03. The molecule has 2 aliphatic rings. The molecular formula is C12H22N4O2. The molecule has 1 atom stereocenters. The number of hydrogen-bond acceptors (Lipinski definition) is 4. The minimum Gasteiger partial charge on any atom is -0.326 e. The molecule has 1 unspecified atom stereocenters. The lowest BCUT2D eigenvalue weighted by Crippen LogP contribution is -2.54. The van der Waals surface area contributed by atoms with E-state index in [0.29, 0.717) is 19.4 Å². The molecule has 6 heteroatoms. The molecular weight excluding hydrogens is 232 g/mol. The molecule has 2 aliphatic heterocycles. The Morgan fingerprint density at radius 3 is 2.56 bits per heavy atom. The monoisotopic (exact) mass is 254 g/mol. The molecule has 18 heavy (non-hydrogen) atoms. The molecule has 6 nitrogen and oxygen atoms in total. The molecule has 0 aromatic carbocycles. The maximum Gasteiger partial charge on any atom is 0.325 e. The predicted octanol–water partition coefficient (Wildman–Crippen LogP) is -0.260. The second-order valence-electron chi connectivity index (χ2n) is 5.40. The number of nitrogens with two attached hydrogens (primary N) is 1. The smallest absolute Gasteiger partial charge is 0.325 e. The minimum atomic E-state index is -0.670. The van der Waals surface area contributed by atoms with E-state index in [2.05, 4.69) is 10.2 Å². The number of likely N-dealkylation sites (tertiary alicyclic amines) is 1. The van der Waals surface area contributed by atoms with Crippen LogP contribution in [-0.4, -0.2) is 60.0 Å². The predicted molar refractivity (Wildman–Crippen MR) is 68.0 cm³/mol. The highest BCUT2D eigenvalue weighted by molar-refractivity contribution is 6.07. The average Bonchev–Trinajstić information content (AvgIpc) is 2.58. The SMILES string of the molecule is CCC(N)CN1C(=O)NC2(CCN(C)CC2)C1=O. The molecule has 1 spiro atoms. The van der Waals surface area contributed by atoms with E-state index < -0.39 is 5.54 Å². The van der Waals surface area contributed by atoms with Crippen molar-refractivity contribution < 1.29 is 9.59 Å². The van der Waals surface area contributed by atoms with Crippen molar-refractivity contribution in [2.45, 2.75) is 37.8 Å². The lowest BCUT2D eigenvalue weighted by atomic mass is 9.87. The van der Waals surface area contributed by atoms with Gasteiger partial charge in [-0.2, -0.15) is 0 Å². The molecule has 102 valence electrons. The molecule has 0 aromatic rings. The average molecular weight is 254 g/mol. The fraction of sp³-hybridized carbons (Fsp3) is 0.833. The summed E-state index contributed by atoms with van der Waals surface area (Å²) in [6.07, 6.45) is 2.13. The van der Waals surface area contributed by atoms with Crippen molar-refractivity contribution in [2.24, 2.45) is 5.73 Å². The number of hydrogen-bond donors (Lipinski definition) is 2. The summed E-state index contributed by atoms with van der Waals surface area (Å²) in [5.41, 5.74) is 5.17. The number of piperidine rings is 1. The maximum atomic E-state index is 12.4. The number of urea groups is 1. The summed E-state index contributed by atoms with van der Waals surface area (Å²) in [6, 6.07) is -0.422. The molecule has 0 bridgehead atoms. The first-order valence-corrected chi connectivity index (χ1v) is 6.57. The first-order valence-electron chi connectivity index (χ1n) is 6.57. The zero-order valence-corrected chi connectivity index (χ0v) is 11.1. The van der Waals surface area contributed by atoms with Gasteiger partial charge in [0, 0.05) is 25.7 Å². The molecule has 3 amide bonds. The Bertz CT molecular complexity index is 350. The summed E-state index contributed by atoms with van der Waals surface area (Å²) >= 11 is 0. The van der Waals surface area contributed by atoms with E-state index in [9.17, 15) is 9.59 Å². The van der Waals surface area contributed by atoms with Crippen molar-refractivity contribution in [1.82, 2.24) is 15.1 Å². The van der Waals surface area contributed by atoms with Crippen molar-refractivity contribution >= 4 is 11.9 Å². The van der Waals surface area contributed by atoms with Crippen LogP contribution in [0.1, 0.15) is 26.2 Å². The summed E-state index contributed by atoms with van der Waals surface area (Å²) in [6.45, 7) is 3.94. The van der Waals surface area contributed by atoms with Crippen LogP contribution in [0.5, 0.6) is 0 Å². The van der Waals surface area contributed by atoms with Gasteiger partial charge in [0.1, 0.15) is 5.54 Å². The van der Waals surface area contributed by atoms with E-state index in [-0.39, 0.29) is 18.0 Å². The molecule has 0 saturated carbocycles. The van der Waals surface area contributed by atoms with Gasteiger partial charge in [0.15, 0.2) is 0 Å². The molecule has 2 heterocycles. The largest absolute Gasteiger partial charge is 0.326 e. The second-order valence-corrected chi connectivity index (χ2v) is 5.40. The molecule has 2 rings (SSSR count). The standard InChI is InChI=1S/C12H22N4O2/c1-3-9(13)8-16-10(17)12(14-11(16)18)4-6-15(2)7-5-12/h9H,3-8,13H2,1-2H3,(H,14,18). The van der Waals surface area contributed by atoms with Gasteiger partial charge >= 0.3 is 6.03 Å². The van der Waals surface area contributed by atoms with Gasteiger partial charge in [-0.05, 0) is 26.3 Å². The highest BCUT2D eigenvalue weighted by atomic mass is 16.2. The summed E-state index contributed by atoms with van der Waals surface area (Å²) in [5.74, 6) is -0.0931. The number of carbonyl (C=O) groups is 2. The second kappa shape index (κ2) is 4.85. The molecule has 2 saturated heterocycles. The summed E-state index contributed by atoms with van der Waals surface area (Å²) < 4.78 is 0. The Morgan fingerprint density at radius 2 is 2.00 bits per heavy atom. The van der Waals surface area contributed by atoms with Gasteiger partial charge in [0.2, 0.25) is 0 Å². The fourth-order valence-corrected chi connectivity index (χ4v) is 2.54. The van der Waals surface area contributed by atoms with Crippen molar-refractivity contribution in [3.63, 3.8) is 0 Å². The van der Waals surface area contributed by atoms with Crippen LogP contribution in [0.2, 0.25) is 0 Å². The van der Waals surface area contributed by atoms with Gasteiger partial charge in [0.25, 0.3) is 5.91 Å². The van der Waals surface area contributed by atoms with Crippen LogP contribution in [-0.2, 0) is 4.79 Å². The van der Waals surface area contributed by atoms with Gasteiger partial charge < -0.3 is 16.0 Å². The van der Waals surface area contributed by atoms with E-state index in [1.54, 1.807) is 0 Å². The Kier molecular flexibility index (Phi) is 3.59. The lowest BCUT2D eigenvalue weighted by Gasteiger charge is -2.35. The zero-order chi connectivity index (χ0) is 13.3. The van der Waals surface area contributed by atoms with Crippen molar-refractivity contribution in [1.29, 1.82) is 0 Å². The third kappa shape index (κ3) is 2.22. The molecule has 0 radical (unpaired) electrons. The van der Waals surface area contributed by atoms with Gasteiger partial charge in [-0.1, -0.05) is 6.92 Å². The van der Waals surface area contributed by atoms with E-state index in [0.717, 1.165) is 19.5 Å². The first kappa shape index (κ1) is 13.3. The molecule has 0 aliphatic carbocycles. The van der Waals surface area contributed by atoms with E-state index in [4.69, 9.17) is 5.73 Å². The van der Waals surface area contributed by atoms with Crippen LogP contribution in [0, 0.1) is 0 Å². The molecule has 3 N–H and O–H groups in total. The Balaban J connectivity index is 2.09. The fourth-order valence-electron chi connectivity index (χ4n) is 2.54. The highest BCUT2D eigenvalue weighted by Crippen LogP contribution is 2.28. The number of amides is 3. The van der Waals surface area contributed by atoms with Gasteiger partial charge in [-0.15, -0.1) is 0 Å². The number of nitrogens with one attached hydrogen (secondary N) is 1. The first-order chi connectivity index (χ1) is 8.48. The zero-order valence-electron chi connectivity index (χ0n) is 11.1. The normalized spacial score (nSPS) is 25.6. The van der Waals surface area contributed by atoms with Gasteiger partial charge in [-0.25, -0.2) is 4.79 Å². The lowest BCUT2D eigenvalue weighted by molar-refractivity contribution is -0.133. The Morgan fingerprint density at radius 1 is 1.39 bits per heavy atom. The van der Waals surface area contributed by atoms with Crippen molar-refractivity contribution in [2.75, 3.05) is 26.7 Å². The van der Waals surface area contributed by atoms with Crippen molar-refractivity contribution in [3.05, 3.63) is 0 Å². The Labute approximate surface area is 107 Å². The van der Waals surface area contributed by atoms with Crippen LogP contribution in [0.25, 0.3) is 0 Å². The number of carbonyl (C=O) groups excluding carboxylic acids is 2. The van der Waals surface area contributed by atoms with Gasteiger partial charge in [0.05, 0.1) is 0 Å². The van der Waals surface area contributed by atoms with Crippen LogP contribution < -0.4 is 11.1 Å². The van der Waals surface area contributed by atoms with Crippen molar-refractivity contribution in [3.8, 4) is 0 Å². The Hall–Kier alpha value is -1.14. The van der Waals surface area contributed by atoms with Gasteiger partial charge in [-0.3, -0.25) is 9.69 Å². The number of imide groups is 1. The van der Waals surface area contributed by atoms with E-state index in [1.807, 2.05) is 14.0 Å².